The summed E-state index contributed by atoms with van der Waals surface area (Å²) in [5.41, 5.74) is 2.32. The van der Waals surface area contributed by atoms with Gasteiger partial charge in [0.25, 0.3) is 0 Å². The molecule has 1 aromatic carbocycles. The quantitative estimate of drug-likeness (QED) is 0.773. The van der Waals surface area contributed by atoms with Crippen LogP contribution in [0.5, 0.6) is 5.75 Å². The van der Waals surface area contributed by atoms with E-state index in [2.05, 4.69) is 11.4 Å². The fraction of sp³-hybridized carbons (Fsp3) is 0.455. The molecule has 1 N–H and O–H groups in total. The van der Waals surface area contributed by atoms with Gasteiger partial charge < -0.3 is 14.8 Å². The van der Waals surface area contributed by atoms with Gasteiger partial charge in [0.15, 0.2) is 0 Å². The van der Waals surface area contributed by atoms with Gasteiger partial charge >= 0.3 is 0 Å². The Hall–Kier alpha value is -1.06. The van der Waals surface area contributed by atoms with Crippen molar-refractivity contribution in [1.82, 2.24) is 5.32 Å². The predicted molar refractivity (Wildman–Crippen MR) is 56.5 cm³/mol. The van der Waals surface area contributed by atoms with Crippen molar-refractivity contribution >= 4 is 0 Å². The Bertz CT molecular complexity index is 287. The lowest BCUT2D eigenvalue weighted by Crippen LogP contribution is -2.07. The van der Waals surface area contributed by atoms with Crippen molar-refractivity contribution in [3.8, 4) is 5.75 Å². The molecule has 3 nitrogen and oxygen atoms in total. The van der Waals surface area contributed by atoms with Crippen molar-refractivity contribution in [3.05, 3.63) is 29.3 Å². The van der Waals surface area contributed by atoms with E-state index in [1.54, 1.807) is 14.2 Å². The van der Waals surface area contributed by atoms with Crippen LogP contribution in [-0.4, -0.2) is 21.3 Å². The third-order valence-electron chi connectivity index (χ3n) is 2.02. The zero-order valence-corrected chi connectivity index (χ0v) is 8.96. The molecule has 0 saturated heterocycles. The molecule has 0 aliphatic rings. The number of benzene rings is 1. The maximum Gasteiger partial charge on any atom is 0.123 e. The highest BCUT2D eigenvalue weighted by molar-refractivity contribution is 5.37. The Morgan fingerprint density at radius 2 is 2.07 bits per heavy atom. The van der Waals surface area contributed by atoms with E-state index in [1.807, 2.05) is 19.2 Å². The molecule has 1 aromatic rings. The zero-order chi connectivity index (χ0) is 10.4. The van der Waals surface area contributed by atoms with Crippen LogP contribution in [0.4, 0.5) is 0 Å². The molecule has 0 radical (unpaired) electrons. The normalized spacial score (nSPS) is 10.2. The molecular formula is C11H17NO2. The van der Waals surface area contributed by atoms with Gasteiger partial charge in [0.1, 0.15) is 5.75 Å². The van der Waals surface area contributed by atoms with E-state index in [1.165, 1.54) is 5.56 Å². The molecule has 0 bridgehead atoms. The molecule has 0 aliphatic heterocycles. The Kier molecular flexibility index (Phi) is 4.43. The van der Waals surface area contributed by atoms with E-state index in [-0.39, 0.29) is 0 Å². The van der Waals surface area contributed by atoms with Crippen LogP contribution < -0.4 is 10.1 Å². The number of hydrogen-bond donors (Lipinski definition) is 1. The molecule has 0 aliphatic carbocycles. The standard InChI is InChI=1S/C11H17NO2/c1-12-7-10-6-9(8-13-2)4-5-11(10)14-3/h4-6,12H,7-8H2,1-3H3. The number of hydrogen-bond acceptors (Lipinski definition) is 3. The van der Waals surface area contributed by atoms with E-state index in [0.717, 1.165) is 17.9 Å². The van der Waals surface area contributed by atoms with E-state index < -0.39 is 0 Å². The minimum atomic E-state index is 0.640. The molecule has 0 spiro atoms. The second-order valence-corrected chi connectivity index (χ2v) is 3.11. The summed E-state index contributed by atoms with van der Waals surface area (Å²) < 4.78 is 10.3. The average molecular weight is 195 g/mol. The lowest BCUT2D eigenvalue weighted by Gasteiger charge is -2.09. The van der Waals surface area contributed by atoms with Crippen LogP contribution >= 0.6 is 0 Å². The van der Waals surface area contributed by atoms with Gasteiger partial charge in [-0.2, -0.15) is 0 Å². The average Bonchev–Trinajstić information content (AvgIpc) is 2.19. The highest BCUT2D eigenvalue weighted by Crippen LogP contribution is 2.19. The molecule has 0 aromatic heterocycles. The van der Waals surface area contributed by atoms with Crippen molar-refractivity contribution in [2.75, 3.05) is 21.3 Å². The maximum atomic E-state index is 5.25. The lowest BCUT2D eigenvalue weighted by atomic mass is 10.1. The summed E-state index contributed by atoms with van der Waals surface area (Å²) in [7, 11) is 5.30. The summed E-state index contributed by atoms with van der Waals surface area (Å²) in [6, 6.07) is 6.08. The first-order chi connectivity index (χ1) is 6.81. The first kappa shape index (κ1) is 11.0. The third-order valence-corrected chi connectivity index (χ3v) is 2.02. The summed E-state index contributed by atoms with van der Waals surface area (Å²) in [5, 5.41) is 3.11. The number of ether oxygens (including phenoxy) is 2. The van der Waals surface area contributed by atoms with Crippen LogP contribution in [0.25, 0.3) is 0 Å². The van der Waals surface area contributed by atoms with Crippen molar-refractivity contribution in [1.29, 1.82) is 0 Å². The fourth-order valence-corrected chi connectivity index (χ4v) is 1.42. The van der Waals surface area contributed by atoms with Gasteiger partial charge in [-0.25, -0.2) is 0 Å². The van der Waals surface area contributed by atoms with Crippen molar-refractivity contribution in [2.45, 2.75) is 13.2 Å². The zero-order valence-electron chi connectivity index (χ0n) is 8.96. The van der Waals surface area contributed by atoms with Crippen LogP contribution in [0, 0.1) is 0 Å². The SMILES string of the molecule is CNCc1cc(COC)ccc1OC. The van der Waals surface area contributed by atoms with Gasteiger partial charge in [0.2, 0.25) is 0 Å². The van der Waals surface area contributed by atoms with E-state index in [0.29, 0.717) is 6.61 Å². The molecule has 0 unspecified atom stereocenters. The minimum Gasteiger partial charge on any atom is -0.496 e. The summed E-state index contributed by atoms with van der Waals surface area (Å²) in [6.45, 7) is 1.45. The molecule has 0 atom stereocenters. The maximum absolute atomic E-state index is 5.25. The van der Waals surface area contributed by atoms with Gasteiger partial charge in [-0.3, -0.25) is 0 Å². The molecule has 0 fully saturated rings. The Balaban J connectivity index is 2.88. The monoisotopic (exact) mass is 195 g/mol. The van der Waals surface area contributed by atoms with E-state index in [4.69, 9.17) is 9.47 Å². The molecule has 78 valence electrons. The molecule has 14 heavy (non-hydrogen) atoms. The Labute approximate surface area is 85.0 Å². The van der Waals surface area contributed by atoms with Gasteiger partial charge in [-0.15, -0.1) is 0 Å². The second kappa shape index (κ2) is 5.62. The van der Waals surface area contributed by atoms with Crippen molar-refractivity contribution in [2.24, 2.45) is 0 Å². The molecule has 1 rings (SSSR count). The van der Waals surface area contributed by atoms with Crippen molar-refractivity contribution < 1.29 is 9.47 Å². The van der Waals surface area contributed by atoms with Crippen LogP contribution in [0.3, 0.4) is 0 Å². The highest BCUT2D eigenvalue weighted by Gasteiger charge is 2.02. The van der Waals surface area contributed by atoms with Gasteiger partial charge in [0.05, 0.1) is 13.7 Å². The molecular weight excluding hydrogens is 178 g/mol. The largest absolute Gasteiger partial charge is 0.496 e. The Morgan fingerprint density at radius 1 is 1.29 bits per heavy atom. The molecule has 0 heterocycles. The smallest absolute Gasteiger partial charge is 0.123 e. The lowest BCUT2D eigenvalue weighted by molar-refractivity contribution is 0.184. The van der Waals surface area contributed by atoms with Crippen LogP contribution in [0.1, 0.15) is 11.1 Å². The second-order valence-electron chi connectivity index (χ2n) is 3.11. The predicted octanol–water partition coefficient (Wildman–Crippen LogP) is 1.56. The third kappa shape index (κ3) is 2.72. The molecule has 0 saturated carbocycles. The summed E-state index contributed by atoms with van der Waals surface area (Å²) in [6.07, 6.45) is 0. The van der Waals surface area contributed by atoms with Gasteiger partial charge in [-0.05, 0) is 24.7 Å². The van der Waals surface area contributed by atoms with E-state index in [9.17, 15) is 0 Å². The van der Waals surface area contributed by atoms with Crippen LogP contribution in [0.15, 0.2) is 18.2 Å². The first-order valence-electron chi connectivity index (χ1n) is 4.61. The summed E-state index contributed by atoms with van der Waals surface area (Å²) in [4.78, 5) is 0. The number of nitrogens with one attached hydrogen (secondary N) is 1. The topological polar surface area (TPSA) is 30.5 Å². The van der Waals surface area contributed by atoms with Crippen LogP contribution in [0.2, 0.25) is 0 Å². The highest BCUT2D eigenvalue weighted by atomic mass is 16.5. The fourth-order valence-electron chi connectivity index (χ4n) is 1.42. The van der Waals surface area contributed by atoms with Gasteiger partial charge in [-0.1, -0.05) is 6.07 Å². The first-order valence-corrected chi connectivity index (χ1v) is 4.61. The van der Waals surface area contributed by atoms with Gasteiger partial charge in [0, 0.05) is 19.2 Å². The Morgan fingerprint density at radius 3 is 2.64 bits per heavy atom. The molecule has 0 amide bonds. The van der Waals surface area contributed by atoms with Crippen molar-refractivity contribution in [3.63, 3.8) is 0 Å². The number of methoxy groups -OCH3 is 2. The summed E-state index contributed by atoms with van der Waals surface area (Å²) >= 11 is 0. The van der Waals surface area contributed by atoms with E-state index >= 15 is 0 Å². The summed E-state index contributed by atoms with van der Waals surface area (Å²) in [5.74, 6) is 0.916. The minimum absolute atomic E-state index is 0.640. The van der Waals surface area contributed by atoms with Crippen LogP contribution in [-0.2, 0) is 17.9 Å². The number of rotatable bonds is 5. The molecule has 3 heteroatoms.